The zero-order valence-corrected chi connectivity index (χ0v) is 16.8. The number of rotatable bonds is 6. The maximum atomic E-state index is 12.6. The minimum absolute atomic E-state index is 0.0258. The molecule has 0 unspecified atom stereocenters. The SMILES string of the molecule is COc1ccc(C(=O)NCC2CCN(C(=O)c3ccc(N)cc3)CC2)cc1OC. The zero-order valence-electron chi connectivity index (χ0n) is 16.8. The molecule has 2 aromatic rings. The number of hydrogen-bond donors (Lipinski definition) is 2. The fourth-order valence-corrected chi connectivity index (χ4v) is 3.47. The van der Waals surface area contributed by atoms with Gasteiger partial charge < -0.3 is 25.4 Å². The highest BCUT2D eigenvalue weighted by Gasteiger charge is 2.24. The number of nitrogens with one attached hydrogen (secondary N) is 1. The Morgan fingerprint density at radius 3 is 2.24 bits per heavy atom. The second-order valence-corrected chi connectivity index (χ2v) is 7.14. The van der Waals surface area contributed by atoms with Gasteiger partial charge >= 0.3 is 0 Å². The monoisotopic (exact) mass is 397 g/mol. The number of benzene rings is 2. The summed E-state index contributed by atoms with van der Waals surface area (Å²) in [5, 5.41) is 2.99. The fraction of sp³-hybridized carbons (Fsp3) is 0.364. The van der Waals surface area contributed by atoms with Gasteiger partial charge in [0.15, 0.2) is 11.5 Å². The minimum Gasteiger partial charge on any atom is -0.493 e. The van der Waals surface area contributed by atoms with Crippen molar-refractivity contribution in [1.82, 2.24) is 10.2 Å². The van der Waals surface area contributed by atoms with Gasteiger partial charge in [0, 0.05) is 36.4 Å². The molecular formula is C22H27N3O4. The molecule has 29 heavy (non-hydrogen) atoms. The van der Waals surface area contributed by atoms with Gasteiger partial charge in [-0.15, -0.1) is 0 Å². The van der Waals surface area contributed by atoms with Crippen molar-refractivity contribution in [2.45, 2.75) is 12.8 Å². The largest absolute Gasteiger partial charge is 0.493 e. The van der Waals surface area contributed by atoms with E-state index in [0.717, 1.165) is 12.8 Å². The highest BCUT2D eigenvalue weighted by atomic mass is 16.5. The van der Waals surface area contributed by atoms with Gasteiger partial charge in [0.1, 0.15) is 0 Å². The molecule has 0 atom stereocenters. The Morgan fingerprint density at radius 1 is 1.00 bits per heavy atom. The number of nitrogens with zero attached hydrogens (tertiary/aromatic N) is 1. The van der Waals surface area contributed by atoms with E-state index in [0.29, 0.717) is 53.9 Å². The number of carbonyl (C=O) groups is 2. The minimum atomic E-state index is -0.147. The molecule has 154 valence electrons. The molecule has 7 nitrogen and oxygen atoms in total. The maximum absolute atomic E-state index is 12.6. The van der Waals surface area contributed by atoms with E-state index in [1.165, 1.54) is 0 Å². The lowest BCUT2D eigenvalue weighted by atomic mass is 9.96. The molecule has 7 heteroatoms. The van der Waals surface area contributed by atoms with E-state index in [1.54, 1.807) is 56.7 Å². The number of hydrogen-bond acceptors (Lipinski definition) is 5. The Hall–Kier alpha value is -3.22. The van der Waals surface area contributed by atoms with Gasteiger partial charge in [0.2, 0.25) is 0 Å². The Labute approximate surface area is 170 Å². The number of nitrogens with two attached hydrogens (primary N) is 1. The quantitative estimate of drug-likeness (QED) is 0.731. The van der Waals surface area contributed by atoms with Crippen molar-refractivity contribution >= 4 is 17.5 Å². The van der Waals surface area contributed by atoms with Gasteiger partial charge in [0.05, 0.1) is 14.2 Å². The van der Waals surface area contributed by atoms with E-state index in [9.17, 15) is 9.59 Å². The van der Waals surface area contributed by atoms with Crippen LogP contribution in [-0.4, -0.2) is 50.6 Å². The van der Waals surface area contributed by atoms with Crippen molar-refractivity contribution in [3.8, 4) is 11.5 Å². The molecule has 1 heterocycles. The van der Waals surface area contributed by atoms with Crippen LogP contribution in [-0.2, 0) is 0 Å². The van der Waals surface area contributed by atoms with E-state index < -0.39 is 0 Å². The Morgan fingerprint density at radius 2 is 1.62 bits per heavy atom. The molecule has 0 radical (unpaired) electrons. The summed E-state index contributed by atoms with van der Waals surface area (Å²) < 4.78 is 10.4. The first kappa shape index (κ1) is 20.5. The second-order valence-electron chi connectivity index (χ2n) is 7.14. The number of anilines is 1. The number of nitrogen functional groups attached to an aromatic ring is 1. The molecule has 2 amide bonds. The average molecular weight is 397 g/mol. The third kappa shape index (κ3) is 4.99. The standard InChI is InChI=1S/C22H27N3O4/c1-28-19-8-5-17(13-20(19)29-2)21(26)24-14-15-9-11-25(12-10-15)22(27)16-3-6-18(23)7-4-16/h3-8,13,15H,9-12,14,23H2,1-2H3,(H,24,26). The molecular weight excluding hydrogens is 370 g/mol. The van der Waals surface area contributed by atoms with Gasteiger partial charge in [-0.3, -0.25) is 9.59 Å². The molecule has 0 aliphatic carbocycles. The summed E-state index contributed by atoms with van der Waals surface area (Å²) in [6.45, 7) is 1.94. The average Bonchev–Trinajstić information content (AvgIpc) is 2.77. The van der Waals surface area contributed by atoms with Crippen LogP contribution >= 0.6 is 0 Å². The number of piperidine rings is 1. The van der Waals surface area contributed by atoms with Crippen LogP contribution in [0.4, 0.5) is 5.69 Å². The summed E-state index contributed by atoms with van der Waals surface area (Å²) >= 11 is 0. The molecule has 0 aromatic heterocycles. The van der Waals surface area contributed by atoms with Crippen molar-refractivity contribution in [2.75, 3.05) is 39.6 Å². The fourth-order valence-electron chi connectivity index (χ4n) is 3.47. The lowest BCUT2D eigenvalue weighted by Crippen LogP contribution is -2.41. The lowest BCUT2D eigenvalue weighted by molar-refractivity contribution is 0.0684. The summed E-state index contributed by atoms with van der Waals surface area (Å²) in [7, 11) is 3.10. The van der Waals surface area contributed by atoms with Crippen LogP contribution in [0.3, 0.4) is 0 Å². The molecule has 1 saturated heterocycles. The van der Waals surface area contributed by atoms with Crippen LogP contribution < -0.4 is 20.5 Å². The van der Waals surface area contributed by atoms with Crippen molar-refractivity contribution in [2.24, 2.45) is 5.92 Å². The molecule has 1 aliphatic heterocycles. The molecule has 0 saturated carbocycles. The third-order valence-electron chi connectivity index (χ3n) is 5.26. The molecule has 0 spiro atoms. The van der Waals surface area contributed by atoms with Gasteiger partial charge in [-0.2, -0.15) is 0 Å². The predicted molar refractivity (Wildman–Crippen MR) is 111 cm³/mol. The number of ether oxygens (including phenoxy) is 2. The molecule has 2 aromatic carbocycles. The molecule has 3 N–H and O–H groups in total. The number of amides is 2. The summed E-state index contributed by atoms with van der Waals surface area (Å²) in [4.78, 5) is 26.9. The van der Waals surface area contributed by atoms with Gasteiger partial charge in [-0.25, -0.2) is 0 Å². The normalized spacial score (nSPS) is 14.3. The number of carbonyl (C=O) groups excluding carboxylic acids is 2. The summed E-state index contributed by atoms with van der Waals surface area (Å²) in [5.41, 5.74) is 7.50. The van der Waals surface area contributed by atoms with Crippen molar-refractivity contribution in [3.63, 3.8) is 0 Å². The van der Waals surface area contributed by atoms with E-state index in [2.05, 4.69) is 5.32 Å². The second kappa shape index (κ2) is 9.32. The van der Waals surface area contributed by atoms with E-state index in [-0.39, 0.29) is 11.8 Å². The Kier molecular flexibility index (Phi) is 6.59. The highest BCUT2D eigenvalue weighted by Crippen LogP contribution is 2.27. The van der Waals surface area contributed by atoms with E-state index >= 15 is 0 Å². The van der Waals surface area contributed by atoms with E-state index in [4.69, 9.17) is 15.2 Å². The first-order valence-electron chi connectivity index (χ1n) is 9.67. The van der Waals surface area contributed by atoms with Crippen LogP contribution in [0.1, 0.15) is 33.6 Å². The van der Waals surface area contributed by atoms with E-state index in [1.807, 2.05) is 4.90 Å². The van der Waals surface area contributed by atoms with Gasteiger partial charge in [-0.05, 0) is 61.2 Å². The summed E-state index contributed by atoms with van der Waals surface area (Å²) in [6, 6.07) is 12.1. The van der Waals surface area contributed by atoms with Crippen molar-refractivity contribution < 1.29 is 19.1 Å². The number of likely N-dealkylation sites (tertiary alicyclic amines) is 1. The molecule has 1 aliphatic rings. The first-order chi connectivity index (χ1) is 14.0. The van der Waals surface area contributed by atoms with Crippen molar-refractivity contribution in [1.29, 1.82) is 0 Å². The number of methoxy groups -OCH3 is 2. The van der Waals surface area contributed by atoms with Crippen LogP contribution in [0, 0.1) is 5.92 Å². The topological polar surface area (TPSA) is 93.9 Å². The first-order valence-corrected chi connectivity index (χ1v) is 9.67. The van der Waals surface area contributed by atoms with Gasteiger partial charge in [0.25, 0.3) is 11.8 Å². The van der Waals surface area contributed by atoms with Crippen LogP contribution in [0.15, 0.2) is 42.5 Å². The summed E-state index contributed by atoms with van der Waals surface area (Å²) in [6.07, 6.45) is 1.71. The predicted octanol–water partition coefficient (Wildman–Crippen LogP) is 2.57. The third-order valence-corrected chi connectivity index (χ3v) is 5.26. The van der Waals surface area contributed by atoms with Crippen LogP contribution in [0.5, 0.6) is 11.5 Å². The van der Waals surface area contributed by atoms with Crippen molar-refractivity contribution in [3.05, 3.63) is 53.6 Å². The zero-order chi connectivity index (χ0) is 20.8. The lowest BCUT2D eigenvalue weighted by Gasteiger charge is -2.32. The Balaban J connectivity index is 1.49. The Bertz CT molecular complexity index is 859. The maximum Gasteiger partial charge on any atom is 0.253 e. The van der Waals surface area contributed by atoms with Crippen LogP contribution in [0.25, 0.3) is 0 Å². The highest BCUT2D eigenvalue weighted by molar-refractivity contribution is 5.95. The smallest absolute Gasteiger partial charge is 0.253 e. The molecule has 1 fully saturated rings. The summed E-state index contributed by atoms with van der Waals surface area (Å²) in [5.74, 6) is 1.33. The molecule has 3 rings (SSSR count). The van der Waals surface area contributed by atoms with Gasteiger partial charge in [-0.1, -0.05) is 0 Å². The molecule has 0 bridgehead atoms. The van der Waals surface area contributed by atoms with Crippen LogP contribution in [0.2, 0.25) is 0 Å².